The van der Waals surface area contributed by atoms with Gasteiger partial charge in [-0.15, -0.1) is 5.10 Å². The Bertz CT molecular complexity index is 424. The van der Waals surface area contributed by atoms with Crippen molar-refractivity contribution >= 4 is 16.1 Å². The van der Waals surface area contributed by atoms with Crippen molar-refractivity contribution in [3.8, 4) is 0 Å². The smallest absolute Gasteiger partial charge is 0.171 e. The Morgan fingerprint density at radius 1 is 1.47 bits per heavy atom. The van der Waals surface area contributed by atoms with Gasteiger partial charge in [0.2, 0.25) is 0 Å². The molecule has 0 bridgehead atoms. The molecule has 0 aliphatic heterocycles. The van der Waals surface area contributed by atoms with E-state index < -0.39 is 9.84 Å². The molecule has 1 heterocycles. The maximum atomic E-state index is 11.3. The SMILES string of the molecule is CCCS(=O)(=O)CCn1cc(C=O)nn1. The number of aldehydes is 1. The maximum absolute atomic E-state index is 11.3. The molecule has 0 saturated heterocycles. The fourth-order valence-electron chi connectivity index (χ4n) is 1.12. The number of hydrogen-bond acceptors (Lipinski definition) is 5. The Morgan fingerprint density at radius 3 is 2.73 bits per heavy atom. The molecular formula is C8H13N3O3S. The van der Waals surface area contributed by atoms with Gasteiger partial charge in [-0.3, -0.25) is 9.48 Å². The van der Waals surface area contributed by atoms with Crippen LogP contribution in [0.2, 0.25) is 0 Å². The van der Waals surface area contributed by atoms with Crippen LogP contribution in [0.3, 0.4) is 0 Å². The molecule has 1 aromatic heterocycles. The largest absolute Gasteiger partial charge is 0.296 e. The Balaban J connectivity index is 2.53. The van der Waals surface area contributed by atoms with E-state index in [4.69, 9.17) is 0 Å². The summed E-state index contributed by atoms with van der Waals surface area (Å²) in [7, 11) is -3.00. The Hall–Kier alpha value is -1.24. The number of aromatic nitrogens is 3. The van der Waals surface area contributed by atoms with Crippen molar-refractivity contribution in [1.29, 1.82) is 0 Å². The minimum atomic E-state index is -3.00. The predicted octanol–water partition coefficient (Wildman–Crippen LogP) is -0.0846. The number of sulfone groups is 1. The van der Waals surface area contributed by atoms with Crippen LogP contribution >= 0.6 is 0 Å². The van der Waals surface area contributed by atoms with E-state index >= 15 is 0 Å². The van der Waals surface area contributed by atoms with Gasteiger partial charge in [-0.05, 0) is 6.42 Å². The van der Waals surface area contributed by atoms with Gasteiger partial charge in [0.05, 0.1) is 18.5 Å². The molecule has 0 atom stereocenters. The van der Waals surface area contributed by atoms with Crippen LogP contribution in [0.15, 0.2) is 6.20 Å². The fourth-order valence-corrected chi connectivity index (χ4v) is 2.41. The molecule has 0 radical (unpaired) electrons. The number of nitrogens with zero attached hydrogens (tertiary/aromatic N) is 3. The number of carbonyl (C=O) groups is 1. The van der Waals surface area contributed by atoms with Crippen LogP contribution in [0, 0.1) is 0 Å². The third-order valence-corrected chi connectivity index (χ3v) is 3.66. The van der Waals surface area contributed by atoms with Crippen molar-refractivity contribution in [3.05, 3.63) is 11.9 Å². The first kappa shape index (κ1) is 11.8. The molecule has 15 heavy (non-hydrogen) atoms. The predicted molar refractivity (Wildman–Crippen MR) is 54.4 cm³/mol. The van der Waals surface area contributed by atoms with Crippen LogP contribution in [0.25, 0.3) is 0 Å². The normalized spacial score (nSPS) is 11.5. The van der Waals surface area contributed by atoms with Crippen LogP contribution in [-0.2, 0) is 16.4 Å². The van der Waals surface area contributed by atoms with Crippen molar-refractivity contribution in [2.45, 2.75) is 19.9 Å². The van der Waals surface area contributed by atoms with Crippen LogP contribution in [0.4, 0.5) is 0 Å². The molecule has 1 rings (SSSR count). The average Bonchev–Trinajstić information content (AvgIpc) is 2.62. The molecule has 0 aliphatic carbocycles. The first-order valence-corrected chi connectivity index (χ1v) is 6.45. The third-order valence-electron chi connectivity index (χ3n) is 1.82. The zero-order valence-electron chi connectivity index (χ0n) is 8.46. The lowest BCUT2D eigenvalue weighted by atomic mass is 10.5. The van der Waals surface area contributed by atoms with Crippen molar-refractivity contribution in [1.82, 2.24) is 15.0 Å². The summed E-state index contributed by atoms with van der Waals surface area (Å²) in [6, 6.07) is 0. The molecule has 0 fully saturated rings. The highest BCUT2D eigenvalue weighted by molar-refractivity contribution is 7.91. The lowest BCUT2D eigenvalue weighted by molar-refractivity contribution is 0.111. The van der Waals surface area contributed by atoms with E-state index in [2.05, 4.69) is 10.3 Å². The van der Waals surface area contributed by atoms with Gasteiger partial charge in [0.25, 0.3) is 0 Å². The molecular weight excluding hydrogens is 218 g/mol. The second kappa shape index (κ2) is 5.01. The number of hydrogen-bond donors (Lipinski definition) is 0. The van der Waals surface area contributed by atoms with E-state index in [1.165, 1.54) is 10.9 Å². The first-order chi connectivity index (χ1) is 7.07. The van der Waals surface area contributed by atoms with E-state index in [0.717, 1.165) is 0 Å². The van der Waals surface area contributed by atoms with E-state index in [-0.39, 0.29) is 23.7 Å². The molecule has 0 aliphatic rings. The fraction of sp³-hybridized carbons (Fsp3) is 0.625. The molecule has 0 spiro atoms. The summed E-state index contributed by atoms with van der Waals surface area (Å²) >= 11 is 0. The summed E-state index contributed by atoms with van der Waals surface area (Å²) in [5, 5.41) is 7.15. The number of rotatable bonds is 6. The molecule has 84 valence electrons. The molecule has 6 nitrogen and oxygen atoms in total. The summed E-state index contributed by atoms with van der Waals surface area (Å²) < 4.78 is 24.1. The molecule has 0 saturated carbocycles. The Kier molecular flexibility index (Phi) is 3.96. The number of aryl methyl sites for hydroxylation is 1. The minimum absolute atomic E-state index is 0.0303. The van der Waals surface area contributed by atoms with Gasteiger partial charge < -0.3 is 0 Å². The van der Waals surface area contributed by atoms with Crippen molar-refractivity contribution in [2.75, 3.05) is 11.5 Å². The molecule has 0 N–H and O–H groups in total. The van der Waals surface area contributed by atoms with Crippen molar-refractivity contribution in [2.24, 2.45) is 0 Å². The molecule has 0 unspecified atom stereocenters. The maximum Gasteiger partial charge on any atom is 0.171 e. The van der Waals surface area contributed by atoms with Crippen LogP contribution in [0.5, 0.6) is 0 Å². The van der Waals surface area contributed by atoms with Crippen LogP contribution in [-0.4, -0.2) is 41.2 Å². The lowest BCUT2D eigenvalue weighted by Crippen LogP contribution is -2.16. The van der Waals surface area contributed by atoms with Crippen molar-refractivity contribution < 1.29 is 13.2 Å². The van der Waals surface area contributed by atoms with Gasteiger partial charge in [-0.2, -0.15) is 0 Å². The minimum Gasteiger partial charge on any atom is -0.296 e. The highest BCUT2D eigenvalue weighted by atomic mass is 32.2. The van der Waals surface area contributed by atoms with Gasteiger partial charge in [-0.25, -0.2) is 8.42 Å². The highest BCUT2D eigenvalue weighted by Crippen LogP contribution is 1.96. The Labute approximate surface area is 88.2 Å². The van der Waals surface area contributed by atoms with Gasteiger partial charge >= 0.3 is 0 Å². The lowest BCUT2D eigenvalue weighted by Gasteiger charge is -2.01. The van der Waals surface area contributed by atoms with Crippen LogP contribution in [0.1, 0.15) is 23.8 Å². The zero-order valence-corrected chi connectivity index (χ0v) is 9.27. The summed E-state index contributed by atoms with van der Waals surface area (Å²) in [6.07, 6.45) is 2.61. The quantitative estimate of drug-likeness (QED) is 0.639. The topological polar surface area (TPSA) is 81.9 Å². The summed E-state index contributed by atoms with van der Waals surface area (Å²) in [5.74, 6) is 0.213. The van der Waals surface area contributed by atoms with E-state index in [0.29, 0.717) is 12.7 Å². The van der Waals surface area contributed by atoms with E-state index in [9.17, 15) is 13.2 Å². The summed E-state index contributed by atoms with van der Waals surface area (Å²) in [6.45, 7) is 2.06. The average molecular weight is 231 g/mol. The molecule has 1 aromatic rings. The zero-order chi connectivity index (χ0) is 11.3. The van der Waals surface area contributed by atoms with Crippen LogP contribution < -0.4 is 0 Å². The third kappa shape index (κ3) is 3.78. The molecule has 7 heteroatoms. The van der Waals surface area contributed by atoms with E-state index in [1.54, 1.807) is 0 Å². The number of carbonyl (C=O) groups excluding carboxylic acids is 1. The summed E-state index contributed by atoms with van der Waals surface area (Å²) in [4.78, 5) is 10.3. The Morgan fingerprint density at radius 2 is 2.20 bits per heavy atom. The second-order valence-corrected chi connectivity index (χ2v) is 5.48. The molecule has 0 aromatic carbocycles. The second-order valence-electron chi connectivity index (χ2n) is 3.18. The summed E-state index contributed by atoms with van der Waals surface area (Å²) in [5.41, 5.74) is 0.211. The molecule has 0 amide bonds. The first-order valence-electron chi connectivity index (χ1n) is 4.63. The van der Waals surface area contributed by atoms with Gasteiger partial charge in [0.1, 0.15) is 5.69 Å². The van der Waals surface area contributed by atoms with Gasteiger partial charge in [-0.1, -0.05) is 12.1 Å². The van der Waals surface area contributed by atoms with E-state index in [1.807, 2.05) is 6.92 Å². The van der Waals surface area contributed by atoms with Gasteiger partial charge in [0.15, 0.2) is 16.1 Å². The van der Waals surface area contributed by atoms with Gasteiger partial charge in [0, 0.05) is 5.75 Å². The monoisotopic (exact) mass is 231 g/mol. The van der Waals surface area contributed by atoms with Crippen molar-refractivity contribution in [3.63, 3.8) is 0 Å². The highest BCUT2D eigenvalue weighted by Gasteiger charge is 2.10. The standard InChI is InChI=1S/C8H13N3O3S/c1-2-4-15(13,14)5-3-11-6-8(7-12)9-10-11/h6-7H,2-5H2,1H3.